The number of nitrogens with one attached hydrogen (secondary N) is 1. The van der Waals surface area contributed by atoms with Crippen LogP contribution in [-0.4, -0.2) is 25.7 Å². The number of sulfonamides is 1. The molecule has 0 amide bonds. The molecule has 6 rings (SSSR count). The second-order valence-electron chi connectivity index (χ2n) is 16.1. The molecule has 6 heteroatoms. The van der Waals surface area contributed by atoms with Crippen molar-refractivity contribution in [2.24, 2.45) is 56.7 Å². The van der Waals surface area contributed by atoms with Crippen molar-refractivity contribution in [3.05, 3.63) is 48.6 Å². The first-order chi connectivity index (χ1) is 19.5. The maximum Gasteiger partial charge on any atom is 0.309 e. The molecule has 5 nitrogen and oxygen atoms in total. The van der Waals surface area contributed by atoms with Crippen LogP contribution in [0.2, 0.25) is 0 Å². The molecule has 230 valence electrons. The number of anilines is 1. The van der Waals surface area contributed by atoms with Gasteiger partial charge in [0, 0.05) is 5.69 Å². The lowest BCUT2D eigenvalue weighted by Crippen LogP contribution is -2.65. The van der Waals surface area contributed by atoms with Crippen LogP contribution in [0.1, 0.15) is 98.0 Å². The number of fused-ring (bicyclic) bond motifs is 7. The molecule has 2 N–H and O–H groups in total. The van der Waals surface area contributed by atoms with Crippen molar-refractivity contribution in [3.8, 4) is 0 Å². The first kappa shape index (κ1) is 30.0. The van der Waals surface area contributed by atoms with E-state index in [1.165, 1.54) is 24.7 Å². The first-order valence-corrected chi connectivity index (χ1v) is 18.1. The monoisotopic (exact) mass is 593 g/mol. The van der Waals surface area contributed by atoms with Crippen molar-refractivity contribution in [1.82, 2.24) is 0 Å². The van der Waals surface area contributed by atoms with E-state index < -0.39 is 21.4 Å². The van der Waals surface area contributed by atoms with E-state index in [-0.39, 0.29) is 27.6 Å². The number of carboxylic acids is 1. The average Bonchev–Trinajstić information content (AvgIpc) is 3.28. The van der Waals surface area contributed by atoms with Crippen LogP contribution in [0.15, 0.2) is 43.0 Å². The van der Waals surface area contributed by atoms with Crippen molar-refractivity contribution in [3.63, 3.8) is 0 Å². The van der Waals surface area contributed by atoms with Gasteiger partial charge in [-0.2, -0.15) is 0 Å². The SMILES string of the molecule is C=C[C@@H]1CC[C@]2(C(=O)O)CC[C@]3(C)[C@H](CC[C@@H]4[C@@]5(C)CC=C(c6cccc(NS(C)(=O)=O)c6)C(C)(C)[C@@H]5CC[C@]43C)[C@@H]12. The summed E-state index contributed by atoms with van der Waals surface area (Å²) in [5, 5.41) is 10.6. The summed E-state index contributed by atoms with van der Waals surface area (Å²) in [6.07, 6.45) is 15.0. The van der Waals surface area contributed by atoms with Crippen LogP contribution in [0.4, 0.5) is 5.69 Å². The molecule has 1 aromatic rings. The minimum Gasteiger partial charge on any atom is -0.481 e. The Morgan fingerprint density at radius 2 is 1.71 bits per heavy atom. The summed E-state index contributed by atoms with van der Waals surface area (Å²) in [6.45, 7) is 16.7. The lowest BCUT2D eigenvalue weighted by atomic mass is 9.32. The second-order valence-corrected chi connectivity index (χ2v) is 17.8. The Hall–Kier alpha value is -2.08. The molecule has 42 heavy (non-hydrogen) atoms. The third-order valence-electron chi connectivity index (χ3n) is 14.3. The molecular formula is C36H51NO4S. The third-order valence-corrected chi connectivity index (χ3v) is 14.9. The Morgan fingerprint density at radius 3 is 2.38 bits per heavy atom. The van der Waals surface area contributed by atoms with E-state index in [2.05, 4.69) is 64.1 Å². The van der Waals surface area contributed by atoms with Crippen LogP contribution >= 0.6 is 0 Å². The van der Waals surface area contributed by atoms with Gasteiger partial charge in [0.2, 0.25) is 10.0 Å². The number of aliphatic carboxylic acids is 1. The molecule has 5 aliphatic rings. The molecule has 0 radical (unpaired) electrons. The molecular weight excluding hydrogens is 542 g/mol. The highest BCUT2D eigenvalue weighted by atomic mass is 32.2. The summed E-state index contributed by atoms with van der Waals surface area (Å²) < 4.78 is 26.5. The van der Waals surface area contributed by atoms with Crippen molar-refractivity contribution in [1.29, 1.82) is 0 Å². The van der Waals surface area contributed by atoms with Gasteiger partial charge in [-0.1, -0.05) is 58.9 Å². The van der Waals surface area contributed by atoms with Gasteiger partial charge in [-0.05, 0) is 132 Å². The summed E-state index contributed by atoms with van der Waals surface area (Å²) in [5.74, 6) is 1.48. The molecule has 4 fully saturated rings. The standard InChI is InChI=1S/C36H51NO4S/c1-8-23-14-19-36(31(38)39)21-20-34(5)27(30(23)36)12-13-29-33(4)17-15-26(32(2,3)28(33)16-18-35(29,34)6)24-10-9-11-25(22-24)37-42(7,40)41/h8-11,15,22-23,27-30,37H,1,12-14,16-21H2,2-7H3,(H,38,39)/t23-,27-,28+,29-,30-,33+,34-,35-,36+/m1/s1. The summed E-state index contributed by atoms with van der Waals surface area (Å²) in [7, 11) is -3.35. The molecule has 1 aromatic carbocycles. The molecule has 0 saturated heterocycles. The van der Waals surface area contributed by atoms with E-state index in [0.29, 0.717) is 29.4 Å². The Labute approximate surface area is 253 Å². The van der Waals surface area contributed by atoms with E-state index in [4.69, 9.17) is 0 Å². The van der Waals surface area contributed by atoms with E-state index in [9.17, 15) is 18.3 Å². The summed E-state index contributed by atoms with van der Waals surface area (Å²) in [5.41, 5.74) is 2.87. The highest BCUT2D eigenvalue weighted by Crippen LogP contribution is 2.77. The minimum atomic E-state index is -3.35. The number of allylic oxidation sites excluding steroid dienone is 3. The van der Waals surface area contributed by atoms with Crippen LogP contribution in [-0.2, 0) is 14.8 Å². The second kappa shape index (κ2) is 9.46. The smallest absolute Gasteiger partial charge is 0.309 e. The molecule has 0 aromatic heterocycles. The minimum absolute atomic E-state index is 0.0553. The van der Waals surface area contributed by atoms with Gasteiger partial charge >= 0.3 is 5.97 Å². The molecule has 9 atom stereocenters. The zero-order chi connectivity index (χ0) is 30.5. The quantitative estimate of drug-likeness (QED) is 0.336. The maximum atomic E-state index is 12.8. The average molecular weight is 594 g/mol. The van der Waals surface area contributed by atoms with Gasteiger partial charge in [0.25, 0.3) is 0 Å². The highest BCUT2D eigenvalue weighted by molar-refractivity contribution is 7.92. The summed E-state index contributed by atoms with van der Waals surface area (Å²) in [4.78, 5) is 12.8. The van der Waals surface area contributed by atoms with Crippen LogP contribution < -0.4 is 4.72 Å². The fraction of sp³-hybridized carbons (Fsp3) is 0.694. The van der Waals surface area contributed by atoms with Crippen LogP contribution in [0.25, 0.3) is 5.57 Å². The number of carbonyl (C=O) groups is 1. The lowest BCUT2D eigenvalue weighted by molar-refractivity contribution is -0.227. The maximum absolute atomic E-state index is 12.8. The third kappa shape index (κ3) is 3.98. The molecule has 0 spiro atoms. The zero-order valence-corrected chi connectivity index (χ0v) is 27.3. The molecule has 5 aliphatic carbocycles. The topological polar surface area (TPSA) is 83.5 Å². The van der Waals surface area contributed by atoms with Gasteiger partial charge in [0.15, 0.2) is 0 Å². The van der Waals surface area contributed by atoms with E-state index in [1.807, 2.05) is 18.2 Å². The summed E-state index contributed by atoms with van der Waals surface area (Å²) in [6, 6.07) is 7.89. The van der Waals surface area contributed by atoms with Crippen LogP contribution in [0.5, 0.6) is 0 Å². The highest BCUT2D eigenvalue weighted by Gasteiger charge is 2.71. The largest absolute Gasteiger partial charge is 0.481 e. The van der Waals surface area contributed by atoms with E-state index in [1.54, 1.807) is 0 Å². The van der Waals surface area contributed by atoms with Gasteiger partial charge in [-0.15, -0.1) is 6.58 Å². The lowest BCUT2D eigenvalue weighted by Gasteiger charge is -2.72. The Balaban J connectivity index is 1.36. The molecule has 0 heterocycles. The number of benzene rings is 1. The van der Waals surface area contributed by atoms with Gasteiger partial charge in [0.05, 0.1) is 11.7 Å². The number of hydrogen-bond donors (Lipinski definition) is 2. The van der Waals surface area contributed by atoms with Gasteiger partial charge in [-0.25, -0.2) is 8.42 Å². The van der Waals surface area contributed by atoms with Crippen LogP contribution in [0, 0.1) is 56.7 Å². The number of hydrogen-bond acceptors (Lipinski definition) is 3. The summed E-state index contributed by atoms with van der Waals surface area (Å²) >= 11 is 0. The zero-order valence-electron chi connectivity index (χ0n) is 26.5. The first-order valence-electron chi connectivity index (χ1n) is 16.2. The number of carboxylic acid groups (broad SMARTS) is 1. The van der Waals surface area contributed by atoms with Crippen molar-refractivity contribution >= 4 is 27.3 Å². The van der Waals surface area contributed by atoms with Crippen molar-refractivity contribution in [2.45, 2.75) is 92.4 Å². The fourth-order valence-electron chi connectivity index (χ4n) is 12.3. The fourth-order valence-corrected chi connectivity index (χ4v) is 12.9. The molecule has 0 bridgehead atoms. The predicted octanol–water partition coefficient (Wildman–Crippen LogP) is 8.40. The predicted molar refractivity (Wildman–Crippen MR) is 170 cm³/mol. The van der Waals surface area contributed by atoms with Crippen LogP contribution in [0.3, 0.4) is 0 Å². The Morgan fingerprint density at radius 1 is 0.976 bits per heavy atom. The van der Waals surface area contributed by atoms with Gasteiger partial charge in [0.1, 0.15) is 0 Å². The van der Waals surface area contributed by atoms with Crippen molar-refractivity contribution in [2.75, 3.05) is 11.0 Å². The van der Waals surface area contributed by atoms with E-state index >= 15 is 0 Å². The Bertz CT molecular complexity index is 1450. The van der Waals surface area contributed by atoms with Gasteiger partial charge < -0.3 is 5.11 Å². The Kier molecular flexibility index (Phi) is 6.75. The van der Waals surface area contributed by atoms with Crippen molar-refractivity contribution < 1.29 is 18.3 Å². The number of rotatable bonds is 5. The van der Waals surface area contributed by atoms with Gasteiger partial charge in [-0.3, -0.25) is 9.52 Å². The van der Waals surface area contributed by atoms with E-state index in [0.717, 1.165) is 50.5 Å². The molecule has 4 saturated carbocycles. The molecule has 0 unspecified atom stereocenters. The molecule has 0 aliphatic heterocycles. The normalized spacial score (nSPS) is 44.0.